The minimum Gasteiger partial charge on any atom is -0.313 e. The fraction of sp³-hybridized carbons (Fsp3) is 0.538. The van der Waals surface area contributed by atoms with Gasteiger partial charge in [0.2, 0.25) is 0 Å². The van der Waals surface area contributed by atoms with E-state index in [-0.39, 0.29) is 17.3 Å². The molecular weight excluding hydrogens is 189 g/mol. The number of hydrogen-bond donors (Lipinski definition) is 1. The first-order valence-electron chi connectivity index (χ1n) is 5.29. The van der Waals surface area contributed by atoms with Gasteiger partial charge in [0.25, 0.3) is 0 Å². The number of rotatable bonds is 2. The van der Waals surface area contributed by atoms with Crippen LogP contribution < -0.4 is 5.32 Å². The van der Waals surface area contributed by atoms with Crippen LogP contribution in [0.1, 0.15) is 37.9 Å². The molecule has 0 saturated heterocycles. The van der Waals surface area contributed by atoms with Crippen LogP contribution in [-0.2, 0) is 0 Å². The minimum atomic E-state index is -0.158. The van der Waals surface area contributed by atoms with Gasteiger partial charge in [-0.05, 0) is 42.6 Å². The monoisotopic (exact) mass is 209 g/mol. The summed E-state index contributed by atoms with van der Waals surface area (Å²) in [5.41, 5.74) is 2.06. The van der Waals surface area contributed by atoms with E-state index in [9.17, 15) is 4.39 Å². The van der Waals surface area contributed by atoms with Crippen molar-refractivity contribution in [3.63, 3.8) is 0 Å². The van der Waals surface area contributed by atoms with Crippen LogP contribution in [0.25, 0.3) is 0 Å². The molecule has 84 valence electrons. The van der Waals surface area contributed by atoms with E-state index < -0.39 is 0 Å². The van der Waals surface area contributed by atoms with E-state index in [0.717, 1.165) is 11.1 Å². The van der Waals surface area contributed by atoms with Gasteiger partial charge in [0.15, 0.2) is 0 Å². The predicted octanol–water partition coefficient (Wildman–Crippen LogP) is 3.44. The summed E-state index contributed by atoms with van der Waals surface area (Å²) in [5.74, 6) is -0.158. The number of nitrogens with one attached hydrogen (secondary N) is 1. The molecule has 1 unspecified atom stereocenters. The highest BCUT2D eigenvalue weighted by atomic mass is 19.1. The van der Waals surface area contributed by atoms with Crippen LogP contribution in [0.4, 0.5) is 4.39 Å². The molecule has 0 aromatic heterocycles. The molecule has 0 spiro atoms. The predicted molar refractivity (Wildman–Crippen MR) is 62.4 cm³/mol. The quantitative estimate of drug-likeness (QED) is 0.786. The van der Waals surface area contributed by atoms with Gasteiger partial charge >= 0.3 is 0 Å². The lowest BCUT2D eigenvalue weighted by atomic mass is 9.82. The van der Waals surface area contributed by atoms with E-state index in [0.29, 0.717) is 0 Å². The fourth-order valence-electron chi connectivity index (χ4n) is 2.03. The molecule has 2 heteroatoms. The molecule has 0 saturated carbocycles. The molecule has 0 aliphatic carbocycles. The van der Waals surface area contributed by atoms with E-state index >= 15 is 0 Å². The number of hydrogen-bond acceptors (Lipinski definition) is 1. The number of benzene rings is 1. The van der Waals surface area contributed by atoms with E-state index in [4.69, 9.17) is 0 Å². The molecule has 1 rings (SSSR count). The first-order chi connectivity index (χ1) is 6.84. The summed E-state index contributed by atoms with van der Waals surface area (Å²) >= 11 is 0. The maximum absolute atomic E-state index is 13.3. The Labute approximate surface area is 91.7 Å². The fourth-order valence-corrected chi connectivity index (χ4v) is 2.03. The highest BCUT2D eigenvalue weighted by Gasteiger charge is 2.24. The second kappa shape index (κ2) is 4.31. The van der Waals surface area contributed by atoms with Crippen molar-refractivity contribution in [1.29, 1.82) is 0 Å². The Kier molecular flexibility index (Phi) is 3.50. The zero-order valence-electron chi connectivity index (χ0n) is 10.2. The van der Waals surface area contributed by atoms with Crippen LogP contribution >= 0.6 is 0 Å². The maximum atomic E-state index is 13.3. The molecule has 0 fully saturated rings. The third-order valence-electron chi connectivity index (χ3n) is 2.55. The van der Waals surface area contributed by atoms with Crippen molar-refractivity contribution in [3.8, 4) is 0 Å². The van der Waals surface area contributed by atoms with Gasteiger partial charge in [-0.15, -0.1) is 0 Å². The average molecular weight is 209 g/mol. The first-order valence-corrected chi connectivity index (χ1v) is 5.29. The normalized spacial score (nSPS) is 14.0. The van der Waals surface area contributed by atoms with Gasteiger partial charge in [-0.1, -0.05) is 26.8 Å². The average Bonchev–Trinajstić information content (AvgIpc) is 1.99. The van der Waals surface area contributed by atoms with Crippen molar-refractivity contribution in [3.05, 3.63) is 35.1 Å². The first kappa shape index (κ1) is 12.2. The Morgan fingerprint density at radius 3 is 2.20 bits per heavy atom. The van der Waals surface area contributed by atoms with Gasteiger partial charge in [-0.3, -0.25) is 0 Å². The largest absolute Gasteiger partial charge is 0.313 e. The summed E-state index contributed by atoms with van der Waals surface area (Å²) in [6.07, 6.45) is 0. The van der Waals surface area contributed by atoms with Gasteiger partial charge in [0, 0.05) is 6.04 Å². The molecule has 1 aromatic rings. The Morgan fingerprint density at radius 2 is 1.80 bits per heavy atom. The summed E-state index contributed by atoms with van der Waals surface area (Å²) < 4.78 is 13.3. The van der Waals surface area contributed by atoms with E-state index in [2.05, 4.69) is 26.1 Å². The molecule has 1 nitrogen and oxygen atoms in total. The second-order valence-corrected chi connectivity index (χ2v) is 5.15. The lowest BCUT2D eigenvalue weighted by Crippen LogP contribution is -2.29. The van der Waals surface area contributed by atoms with Gasteiger partial charge in [0.05, 0.1) is 0 Å². The molecule has 0 bridgehead atoms. The summed E-state index contributed by atoms with van der Waals surface area (Å²) in [7, 11) is 1.91. The topological polar surface area (TPSA) is 12.0 Å². The zero-order valence-corrected chi connectivity index (χ0v) is 10.2. The van der Waals surface area contributed by atoms with Crippen molar-refractivity contribution >= 4 is 0 Å². The molecule has 0 aliphatic rings. The standard InChI is InChI=1S/C13H20FN/c1-9-6-10(8-11(14)7-9)12(15-5)13(2,3)4/h6-8,12,15H,1-5H3. The zero-order chi connectivity index (χ0) is 11.6. The van der Waals surface area contributed by atoms with Crippen molar-refractivity contribution in [2.24, 2.45) is 5.41 Å². The Hall–Kier alpha value is -0.890. The Balaban J connectivity index is 3.13. The number of halogens is 1. The van der Waals surface area contributed by atoms with Gasteiger partial charge in [-0.25, -0.2) is 4.39 Å². The van der Waals surface area contributed by atoms with Crippen molar-refractivity contribution in [2.45, 2.75) is 33.7 Å². The van der Waals surface area contributed by atoms with E-state index in [1.807, 2.05) is 20.0 Å². The van der Waals surface area contributed by atoms with Crippen LogP contribution in [0.5, 0.6) is 0 Å². The molecule has 1 N–H and O–H groups in total. The SMILES string of the molecule is CNC(c1cc(C)cc(F)c1)C(C)(C)C. The highest BCUT2D eigenvalue weighted by Crippen LogP contribution is 2.32. The lowest BCUT2D eigenvalue weighted by Gasteiger charge is -2.31. The van der Waals surface area contributed by atoms with Crippen molar-refractivity contribution < 1.29 is 4.39 Å². The lowest BCUT2D eigenvalue weighted by molar-refractivity contribution is 0.286. The highest BCUT2D eigenvalue weighted by molar-refractivity contribution is 5.27. The summed E-state index contributed by atoms with van der Waals surface area (Å²) in [6.45, 7) is 8.36. The smallest absolute Gasteiger partial charge is 0.123 e. The second-order valence-electron chi connectivity index (χ2n) is 5.15. The van der Waals surface area contributed by atoms with Crippen molar-refractivity contribution in [2.75, 3.05) is 7.05 Å². The van der Waals surface area contributed by atoms with Crippen molar-refractivity contribution in [1.82, 2.24) is 5.32 Å². The molecule has 1 aromatic carbocycles. The minimum absolute atomic E-state index is 0.0784. The maximum Gasteiger partial charge on any atom is 0.123 e. The third-order valence-corrected chi connectivity index (χ3v) is 2.55. The van der Waals surface area contributed by atoms with E-state index in [1.54, 1.807) is 12.1 Å². The summed E-state index contributed by atoms with van der Waals surface area (Å²) in [6, 6.07) is 5.38. The molecule has 0 radical (unpaired) electrons. The van der Waals surface area contributed by atoms with Crippen LogP contribution in [0.2, 0.25) is 0 Å². The Morgan fingerprint density at radius 1 is 1.20 bits per heavy atom. The third kappa shape index (κ3) is 3.03. The molecule has 0 amide bonds. The Bertz CT molecular complexity index is 319. The van der Waals surface area contributed by atoms with Gasteiger partial charge in [-0.2, -0.15) is 0 Å². The molecule has 15 heavy (non-hydrogen) atoms. The summed E-state index contributed by atoms with van der Waals surface area (Å²) in [5, 5.41) is 3.25. The molecule has 0 heterocycles. The molecule has 0 aliphatic heterocycles. The molecule has 1 atom stereocenters. The van der Waals surface area contributed by atoms with Crippen LogP contribution in [-0.4, -0.2) is 7.05 Å². The van der Waals surface area contributed by atoms with Crippen LogP contribution in [0, 0.1) is 18.2 Å². The number of aryl methyl sites for hydroxylation is 1. The van der Waals surface area contributed by atoms with E-state index in [1.165, 1.54) is 0 Å². The van der Waals surface area contributed by atoms with Crippen LogP contribution in [0.3, 0.4) is 0 Å². The molecular formula is C13H20FN. The van der Waals surface area contributed by atoms with Gasteiger partial charge < -0.3 is 5.32 Å². The van der Waals surface area contributed by atoms with Crippen LogP contribution in [0.15, 0.2) is 18.2 Å². The summed E-state index contributed by atoms with van der Waals surface area (Å²) in [4.78, 5) is 0. The van der Waals surface area contributed by atoms with Gasteiger partial charge in [0.1, 0.15) is 5.82 Å².